The largest absolute Gasteiger partial charge is 0.269 e. The highest BCUT2D eigenvalue weighted by Crippen LogP contribution is 2.26. The average Bonchev–Trinajstić information content (AvgIpc) is 2.78. The second kappa shape index (κ2) is 6.11. The Hall–Kier alpha value is -1.47. The number of aryl methyl sites for hydroxylation is 1. The third-order valence-electron chi connectivity index (χ3n) is 4.24. The van der Waals surface area contributed by atoms with Gasteiger partial charge in [0.2, 0.25) is 10.0 Å². The summed E-state index contributed by atoms with van der Waals surface area (Å²) in [6.45, 7) is 4.60. The van der Waals surface area contributed by atoms with E-state index in [1.54, 1.807) is 16.4 Å². The molecule has 2 unspecified atom stereocenters. The predicted octanol–water partition coefficient (Wildman–Crippen LogP) is 2.20. The third-order valence-corrected chi connectivity index (χ3v) is 6.19. The Bertz CT molecular complexity index is 612. The van der Waals surface area contributed by atoms with Gasteiger partial charge in [-0.15, -0.1) is 0 Å². The van der Waals surface area contributed by atoms with Crippen LogP contribution in [-0.2, 0) is 16.4 Å². The molecular weight excluding hydrogens is 292 g/mol. The molecule has 6 nitrogen and oxygen atoms in total. The zero-order chi connectivity index (χ0) is 15.6. The Kier molecular flexibility index (Phi) is 4.63. The zero-order valence-corrected chi connectivity index (χ0v) is 13.0. The Labute approximate surface area is 125 Å². The molecule has 0 N–H and O–H groups in total. The van der Waals surface area contributed by atoms with Gasteiger partial charge in [-0.05, 0) is 31.2 Å². The molecule has 1 fully saturated rings. The van der Waals surface area contributed by atoms with Gasteiger partial charge in [0.1, 0.15) is 0 Å². The van der Waals surface area contributed by atoms with Crippen LogP contribution in [0.4, 0.5) is 5.69 Å². The topological polar surface area (TPSA) is 80.5 Å². The van der Waals surface area contributed by atoms with Crippen LogP contribution in [0.15, 0.2) is 24.3 Å². The number of benzene rings is 1. The van der Waals surface area contributed by atoms with E-state index in [1.807, 2.05) is 6.92 Å². The lowest BCUT2D eigenvalue weighted by atomic mass is 10.1. The highest BCUT2D eigenvalue weighted by molar-refractivity contribution is 7.89. The van der Waals surface area contributed by atoms with Crippen LogP contribution in [0.1, 0.15) is 25.8 Å². The Balaban J connectivity index is 2.00. The number of non-ortho nitro benzene ring substituents is 1. The van der Waals surface area contributed by atoms with E-state index in [0.29, 0.717) is 18.9 Å². The molecule has 2 rings (SSSR count). The molecule has 0 radical (unpaired) electrons. The molecule has 0 aliphatic carbocycles. The van der Waals surface area contributed by atoms with Gasteiger partial charge in [-0.1, -0.05) is 19.1 Å². The lowest BCUT2D eigenvalue weighted by Gasteiger charge is -2.22. The van der Waals surface area contributed by atoms with Crippen LogP contribution in [0.5, 0.6) is 0 Å². The van der Waals surface area contributed by atoms with Crippen LogP contribution >= 0.6 is 0 Å². The molecule has 0 amide bonds. The minimum absolute atomic E-state index is 0.0172. The van der Waals surface area contributed by atoms with Crippen molar-refractivity contribution in [3.8, 4) is 0 Å². The number of hydrogen-bond donors (Lipinski definition) is 0. The molecule has 0 aromatic heterocycles. The van der Waals surface area contributed by atoms with E-state index in [2.05, 4.69) is 6.92 Å². The van der Waals surface area contributed by atoms with Gasteiger partial charge in [0.15, 0.2) is 0 Å². The van der Waals surface area contributed by atoms with Crippen molar-refractivity contribution in [2.45, 2.75) is 32.7 Å². The number of nitro benzene ring substituents is 1. The van der Waals surface area contributed by atoms with E-state index >= 15 is 0 Å². The molecule has 116 valence electrons. The number of nitrogens with zero attached hydrogens (tertiary/aromatic N) is 2. The molecule has 7 heteroatoms. The second-order valence-electron chi connectivity index (χ2n) is 5.61. The normalized spacial score (nSPS) is 23.3. The van der Waals surface area contributed by atoms with Crippen molar-refractivity contribution in [1.82, 2.24) is 4.31 Å². The van der Waals surface area contributed by atoms with E-state index in [0.717, 1.165) is 12.0 Å². The van der Waals surface area contributed by atoms with Crippen LogP contribution in [0.3, 0.4) is 0 Å². The van der Waals surface area contributed by atoms with Crippen molar-refractivity contribution in [3.63, 3.8) is 0 Å². The fourth-order valence-electron chi connectivity index (χ4n) is 2.60. The summed E-state index contributed by atoms with van der Waals surface area (Å²) in [5, 5.41) is 10.6. The first-order valence-corrected chi connectivity index (χ1v) is 8.65. The van der Waals surface area contributed by atoms with Crippen molar-refractivity contribution in [2.75, 3.05) is 12.3 Å². The van der Waals surface area contributed by atoms with E-state index in [1.165, 1.54) is 12.1 Å². The summed E-state index contributed by atoms with van der Waals surface area (Å²) < 4.78 is 26.3. The number of rotatable bonds is 5. The van der Waals surface area contributed by atoms with Gasteiger partial charge in [-0.25, -0.2) is 8.42 Å². The van der Waals surface area contributed by atoms with Crippen LogP contribution in [0.2, 0.25) is 0 Å². The van der Waals surface area contributed by atoms with Gasteiger partial charge < -0.3 is 0 Å². The quantitative estimate of drug-likeness (QED) is 0.616. The highest BCUT2D eigenvalue weighted by atomic mass is 32.2. The maximum absolute atomic E-state index is 12.4. The molecule has 1 aliphatic rings. The Morgan fingerprint density at radius 3 is 2.38 bits per heavy atom. The SMILES string of the molecule is CC1CCN(S(=O)(=O)CCc2ccc([N+](=O)[O-])cc2)C1C. The minimum Gasteiger partial charge on any atom is -0.258 e. The Morgan fingerprint density at radius 1 is 1.29 bits per heavy atom. The Morgan fingerprint density at radius 2 is 1.90 bits per heavy atom. The molecular formula is C14H20N2O4S. The summed E-state index contributed by atoms with van der Waals surface area (Å²) in [5.74, 6) is 0.432. The van der Waals surface area contributed by atoms with Gasteiger partial charge in [-0.3, -0.25) is 10.1 Å². The maximum Gasteiger partial charge on any atom is 0.269 e. The first kappa shape index (κ1) is 15.9. The minimum atomic E-state index is -3.27. The fourth-order valence-corrected chi connectivity index (χ4v) is 4.43. The lowest BCUT2D eigenvalue weighted by molar-refractivity contribution is -0.384. The van der Waals surface area contributed by atoms with E-state index in [-0.39, 0.29) is 17.5 Å². The lowest BCUT2D eigenvalue weighted by Crippen LogP contribution is -2.37. The van der Waals surface area contributed by atoms with Crippen molar-refractivity contribution in [1.29, 1.82) is 0 Å². The molecule has 21 heavy (non-hydrogen) atoms. The predicted molar refractivity (Wildman–Crippen MR) is 80.5 cm³/mol. The standard InChI is InChI=1S/C14H20N2O4S/c1-11-7-9-15(12(11)2)21(19,20)10-8-13-3-5-14(6-4-13)16(17)18/h3-6,11-12H,7-10H2,1-2H3. The van der Waals surface area contributed by atoms with Crippen LogP contribution in [0.25, 0.3) is 0 Å². The first-order valence-electron chi connectivity index (χ1n) is 7.04. The molecule has 1 heterocycles. The smallest absolute Gasteiger partial charge is 0.258 e. The number of nitro groups is 1. The van der Waals surface area contributed by atoms with Gasteiger partial charge in [-0.2, -0.15) is 4.31 Å². The van der Waals surface area contributed by atoms with E-state index < -0.39 is 14.9 Å². The number of sulfonamides is 1. The summed E-state index contributed by atoms with van der Waals surface area (Å²) >= 11 is 0. The first-order chi connectivity index (χ1) is 9.81. The monoisotopic (exact) mass is 312 g/mol. The maximum atomic E-state index is 12.4. The molecule has 2 atom stereocenters. The van der Waals surface area contributed by atoms with Gasteiger partial charge >= 0.3 is 0 Å². The molecule has 0 bridgehead atoms. The average molecular weight is 312 g/mol. The van der Waals surface area contributed by atoms with Gasteiger partial charge in [0, 0.05) is 24.7 Å². The number of hydrogen-bond acceptors (Lipinski definition) is 4. The molecule has 1 aromatic carbocycles. The summed E-state index contributed by atoms with van der Waals surface area (Å²) in [7, 11) is -3.27. The second-order valence-corrected chi connectivity index (χ2v) is 7.65. The molecule has 1 aromatic rings. The van der Waals surface area contributed by atoms with Crippen LogP contribution in [-0.4, -0.2) is 36.0 Å². The van der Waals surface area contributed by atoms with Crippen LogP contribution < -0.4 is 0 Å². The zero-order valence-electron chi connectivity index (χ0n) is 12.2. The van der Waals surface area contributed by atoms with Crippen molar-refractivity contribution < 1.29 is 13.3 Å². The fraction of sp³-hybridized carbons (Fsp3) is 0.571. The highest BCUT2D eigenvalue weighted by Gasteiger charge is 2.35. The van der Waals surface area contributed by atoms with Crippen LogP contribution in [0, 0.1) is 16.0 Å². The van der Waals surface area contributed by atoms with Crippen molar-refractivity contribution in [3.05, 3.63) is 39.9 Å². The molecule has 0 saturated carbocycles. The van der Waals surface area contributed by atoms with Crippen molar-refractivity contribution >= 4 is 15.7 Å². The van der Waals surface area contributed by atoms with Gasteiger partial charge in [0.25, 0.3) is 5.69 Å². The van der Waals surface area contributed by atoms with Crippen molar-refractivity contribution in [2.24, 2.45) is 5.92 Å². The van der Waals surface area contributed by atoms with E-state index in [9.17, 15) is 18.5 Å². The summed E-state index contributed by atoms with van der Waals surface area (Å²) in [6.07, 6.45) is 1.27. The summed E-state index contributed by atoms with van der Waals surface area (Å²) in [5.41, 5.74) is 0.813. The molecule has 0 spiro atoms. The summed E-state index contributed by atoms with van der Waals surface area (Å²) in [4.78, 5) is 10.1. The molecule has 1 saturated heterocycles. The summed E-state index contributed by atoms with van der Waals surface area (Å²) in [6, 6.07) is 6.09. The third kappa shape index (κ3) is 3.59. The van der Waals surface area contributed by atoms with Gasteiger partial charge in [0.05, 0.1) is 10.7 Å². The molecule has 1 aliphatic heterocycles. The van der Waals surface area contributed by atoms with E-state index in [4.69, 9.17) is 0 Å².